The third-order valence-electron chi connectivity index (χ3n) is 2.23. The van der Waals surface area contributed by atoms with Crippen LogP contribution in [0.25, 0.3) is 11.3 Å². The van der Waals surface area contributed by atoms with E-state index in [1.165, 1.54) is 0 Å². The predicted octanol–water partition coefficient (Wildman–Crippen LogP) is 2.24. The molecule has 0 amide bonds. The monoisotopic (exact) mass is 238 g/mol. The standard InChI is InChI=1S/C10H11ClN4O/c1-3-7-6(4-5(2)13-14-7)9-8(11)10(12)15-16-9/h4H,3H2,1-2H3,(H2,12,15). The first-order valence-electron chi connectivity index (χ1n) is 4.87. The van der Waals surface area contributed by atoms with Crippen LogP contribution in [-0.2, 0) is 6.42 Å². The second-order valence-electron chi connectivity index (χ2n) is 3.41. The Morgan fingerprint density at radius 2 is 2.19 bits per heavy atom. The van der Waals surface area contributed by atoms with Crippen molar-refractivity contribution in [3.63, 3.8) is 0 Å². The van der Waals surface area contributed by atoms with Gasteiger partial charge >= 0.3 is 0 Å². The van der Waals surface area contributed by atoms with Crippen molar-refractivity contribution in [3.05, 3.63) is 22.5 Å². The summed E-state index contributed by atoms with van der Waals surface area (Å²) in [4.78, 5) is 0. The number of hydrogen-bond acceptors (Lipinski definition) is 5. The van der Waals surface area contributed by atoms with Crippen LogP contribution in [0.15, 0.2) is 10.6 Å². The molecule has 2 N–H and O–H groups in total. The fourth-order valence-electron chi connectivity index (χ4n) is 1.43. The molecule has 0 atom stereocenters. The number of halogens is 1. The Morgan fingerprint density at radius 1 is 1.44 bits per heavy atom. The Morgan fingerprint density at radius 3 is 2.75 bits per heavy atom. The molecule has 16 heavy (non-hydrogen) atoms. The minimum atomic E-state index is 0.188. The summed E-state index contributed by atoms with van der Waals surface area (Å²) in [5.41, 5.74) is 7.93. The highest BCUT2D eigenvalue weighted by molar-refractivity contribution is 6.35. The predicted molar refractivity (Wildman–Crippen MR) is 61.1 cm³/mol. The van der Waals surface area contributed by atoms with Crippen molar-refractivity contribution in [1.29, 1.82) is 0 Å². The maximum atomic E-state index is 6.00. The van der Waals surface area contributed by atoms with Gasteiger partial charge in [0.05, 0.1) is 11.4 Å². The average Bonchev–Trinajstić information content (AvgIpc) is 2.60. The first kappa shape index (κ1) is 10.9. The summed E-state index contributed by atoms with van der Waals surface area (Å²) in [5, 5.41) is 12.0. The highest BCUT2D eigenvalue weighted by atomic mass is 35.5. The van der Waals surface area contributed by atoms with Crippen molar-refractivity contribution in [3.8, 4) is 11.3 Å². The molecule has 0 bridgehead atoms. The molecule has 0 spiro atoms. The van der Waals surface area contributed by atoms with E-state index in [2.05, 4.69) is 15.4 Å². The van der Waals surface area contributed by atoms with E-state index in [-0.39, 0.29) is 5.82 Å². The molecule has 2 aromatic heterocycles. The summed E-state index contributed by atoms with van der Waals surface area (Å²) < 4.78 is 5.10. The van der Waals surface area contributed by atoms with Crippen LogP contribution in [0.4, 0.5) is 5.82 Å². The van der Waals surface area contributed by atoms with Crippen LogP contribution < -0.4 is 5.73 Å². The molecule has 6 heteroatoms. The first-order chi connectivity index (χ1) is 7.63. The lowest BCUT2D eigenvalue weighted by molar-refractivity contribution is 0.435. The lowest BCUT2D eigenvalue weighted by atomic mass is 10.1. The Bertz CT molecular complexity index is 524. The van der Waals surface area contributed by atoms with Crippen molar-refractivity contribution in [1.82, 2.24) is 15.4 Å². The van der Waals surface area contributed by atoms with Gasteiger partial charge in [-0.2, -0.15) is 10.2 Å². The molecule has 84 valence electrons. The van der Waals surface area contributed by atoms with Gasteiger partial charge < -0.3 is 10.3 Å². The Balaban J connectivity index is 2.62. The van der Waals surface area contributed by atoms with Crippen LogP contribution in [0.2, 0.25) is 5.02 Å². The molecule has 2 aromatic rings. The van der Waals surface area contributed by atoms with Gasteiger partial charge in [-0.25, -0.2) is 0 Å². The summed E-state index contributed by atoms with van der Waals surface area (Å²) in [6.07, 6.45) is 0.736. The molecule has 0 aliphatic rings. The van der Waals surface area contributed by atoms with E-state index in [0.717, 1.165) is 23.4 Å². The second kappa shape index (κ2) is 4.09. The molecule has 2 heterocycles. The number of nitrogen functional groups attached to an aromatic ring is 1. The van der Waals surface area contributed by atoms with Gasteiger partial charge in [0.25, 0.3) is 0 Å². The molecule has 0 aliphatic heterocycles. The molecule has 0 fully saturated rings. The summed E-state index contributed by atoms with van der Waals surface area (Å²) in [6.45, 7) is 3.83. The molecule has 0 aromatic carbocycles. The molecule has 0 saturated carbocycles. The van der Waals surface area contributed by atoms with Gasteiger partial charge in [0.15, 0.2) is 11.6 Å². The van der Waals surface area contributed by atoms with Gasteiger partial charge in [0.2, 0.25) is 0 Å². The molecule has 0 unspecified atom stereocenters. The molecule has 0 radical (unpaired) electrons. The number of hydrogen-bond donors (Lipinski definition) is 1. The van der Waals surface area contributed by atoms with Crippen molar-refractivity contribution in [2.24, 2.45) is 0 Å². The lowest BCUT2D eigenvalue weighted by Gasteiger charge is -2.03. The molecular weight excluding hydrogens is 228 g/mol. The van der Waals surface area contributed by atoms with Gasteiger partial charge in [-0.1, -0.05) is 23.7 Å². The van der Waals surface area contributed by atoms with E-state index >= 15 is 0 Å². The van der Waals surface area contributed by atoms with Gasteiger partial charge in [-0.15, -0.1) is 0 Å². The van der Waals surface area contributed by atoms with Crippen molar-refractivity contribution >= 4 is 17.4 Å². The van der Waals surface area contributed by atoms with Crippen LogP contribution in [0, 0.1) is 6.92 Å². The fraction of sp³-hybridized carbons (Fsp3) is 0.300. The highest BCUT2D eigenvalue weighted by Crippen LogP contribution is 2.33. The maximum Gasteiger partial charge on any atom is 0.189 e. The summed E-state index contributed by atoms with van der Waals surface area (Å²) in [6, 6.07) is 1.86. The number of aryl methyl sites for hydroxylation is 2. The number of nitrogens with two attached hydrogens (primary N) is 1. The zero-order chi connectivity index (χ0) is 11.7. The van der Waals surface area contributed by atoms with Crippen LogP contribution in [-0.4, -0.2) is 15.4 Å². The number of aromatic nitrogens is 3. The smallest absolute Gasteiger partial charge is 0.189 e. The topological polar surface area (TPSA) is 77.8 Å². The van der Waals surface area contributed by atoms with E-state index in [4.69, 9.17) is 21.9 Å². The maximum absolute atomic E-state index is 6.00. The summed E-state index contributed by atoms with van der Waals surface area (Å²) in [7, 11) is 0. The minimum absolute atomic E-state index is 0.188. The van der Waals surface area contributed by atoms with Crippen molar-refractivity contribution < 1.29 is 4.52 Å². The molecule has 0 aliphatic carbocycles. The van der Waals surface area contributed by atoms with E-state index in [9.17, 15) is 0 Å². The Hall–Kier alpha value is -1.62. The van der Waals surface area contributed by atoms with Crippen LogP contribution in [0.5, 0.6) is 0 Å². The van der Waals surface area contributed by atoms with E-state index < -0.39 is 0 Å². The van der Waals surface area contributed by atoms with Gasteiger partial charge in [0, 0.05) is 5.56 Å². The number of nitrogens with zero attached hydrogens (tertiary/aromatic N) is 3. The minimum Gasteiger partial charge on any atom is -0.380 e. The quantitative estimate of drug-likeness (QED) is 0.868. The van der Waals surface area contributed by atoms with Gasteiger partial charge in [0.1, 0.15) is 5.02 Å². The van der Waals surface area contributed by atoms with E-state index in [0.29, 0.717) is 10.8 Å². The average molecular weight is 239 g/mol. The Labute approximate surface area is 97.6 Å². The largest absolute Gasteiger partial charge is 0.380 e. The second-order valence-corrected chi connectivity index (χ2v) is 3.79. The third kappa shape index (κ3) is 1.74. The normalized spacial score (nSPS) is 10.7. The van der Waals surface area contributed by atoms with Crippen LogP contribution in [0.3, 0.4) is 0 Å². The Kier molecular flexibility index (Phi) is 2.78. The van der Waals surface area contributed by atoms with Gasteiger partial charge in [-0.3, -0.25) is 0 Å². The first-order valence-corrected chi connectivity index (χ1v) is 5.25. The van der Waals surface area contributed by atoms with Crippen LogP contribution in [0.1, 0.15) is 18.3 Å². The highest BCUT2D eigenvalue weighted by Gasteiger charge is 2.17. The SMILES string of the molecule is CCc1nnc(C)cc1-c1onc(N)c1Cl. The zero-order valence-electron chi connectivity index (χ0n) is 8.99. The summed E-state index contributed by atoms with van der Waals surface area (Å²) >= 11 is 6.00. The fourth-order valence-corrected chi connectivity index (χ4v) is 1.60. The van der Waals surface area contributed by atoms with Crippen LogP contribution >= 0.6 is 11.6 Å². The van der Waals surface area contributed by atoms with Crippen molar-refractivity contribution in [2.75, 3.05) is 5.73 Å². The summed E-state index contributed by atoms with van der Waals surface area (Å²) in [5.74, 6) is 0.641. The molecule has 2 rings (SSSR count). The number of anilines is 1. The van der Waals surface area contributed by atoms with Gasteiger partial charge in [-0.05, 0) is 19.4 Å². The molecule has 0 saturated heterocycles. The van der Waals surface area contributed by atoms with E-state index in [1.807, 2.05) is 19.9 Å². The zero-order valence-corrected chi connectivity index (χ0v) is 9.75. The lowest BCUT2D eigenvalue weighted by Crippen LogP contribution is -1.97. The third-order valence-corrected chi connectivity index (χ3v) is 2.60. The van der Waals surface area contributed by atoms with E-state index in [1.54, 1.807) is 0 Å². The molecule has 5 nitrogen and oxygen atoms in total. The van der Waals surface area contributed by atoms with Crippen molar-refractivity contribution in [2.45, 2.75) is 20.3 Å². The molecular formula is C10H11ClN4O. The number of rotatable bonds is 2.